The number of fused-ring (bicyclic) bond motifs is 1. The number of amides is 1. The molecule has 3 fully saturated rings. The maximum Gasteiger partial charge on any atom is 0.225 e. The second-order valence-corrected chi connectivity index (χ2v) is 8.69. The first-order chi connectivity index (χ1) is 11.0. The van der Waals surface area contributed by atoms with Gasteiger partial charge in [0.2, 0.25) is 5.91 Å². The molecule has 3 heterocycles. The Labute approximate surface area is 141 Å². The van der Waals surface area contributed by atoms with E-state index in [4.69, 9.17) is 0 Å². The van der Waals surface area contributed by atoms with Gasteiger partial charge in [0, 0.05) is 24.0 Å². The molecule has 3 aliphatic rings. The number of nitrogens with zero attached hydrogens (tertiary/aromatic N) is 1. The third kappa shape index (κ3) is 3.90. The molecule has 3 rings (SSSR count). The minimum Gasteiger partial charge on any atom is -0.352 e. The summed E-state index contributed by atoms with van der Waals surface area (Å²) in [5, 5.41) is 7.19. The van der Waals surface area contributed by atoms with Crippen LogP contribution in [0.3, 0.4) is 0 Å². The van der Waals surface area contributed by atoms with E-state index in [9.17, 15) is 4.79 Å². The van der Waals surface area contributed by atoms with Crippen molar-refractivity contribution in [2.24, 2.45) is 11.3 Å². The van der Waals surface area contributed by atoms with Crippen molar-refractivity contribution >= 4 is 5.91 Å². The van der Waals surface area contributed by atoms with Gasteiger partial charge in [-0.15, -0.1) is 0 Å². The van der Waals surface area contributed by atoms with Gasteiger partial charge in [0.15, 0.2) is 0 Å². The van der Waals surface area contributed by atoms with Crippen molar-refractivity contribution in [3.63, 3.8) is 0 Å². The number of carbonyl (C=O) groups is 1. The second-order valence-electron chi connectivity index (χ2n) is 8.69. The molecule has 0 saturated carbocycles. The van der Waals surface area contributed by atoms with E-state index < -0.39 is 0 Å². The minimum atomic E-state index is -0.241. The lowest BCUT2D eigenvalue weighted by molar-refractivity contribution is -0.130. The van der Waals surface area contributed by atoms with Crippen LogP contribution in [0, 0.1) is 11.3 Å². The Morgan fingerprint density at radius 2 is 1.83 bits per heavy atom. The van der Waals surface area contributed by atoms with E-state index in [2.05, 4.69) is 36.3 Å². The van der Waals surface area contributed by atoms with Crippen molar-refractivity contribution < 1.29 is 4.79 Å². The van der Waals surface area contributed by atoms with Crippen molar-refractivity contribution in [2.45, 2.75) is 90.4 Å². The van der Waals surface area contributed by atoms with E-state index in [1.807, 2.05) is 0 Å². The van der Waals surface area contributed by atoms with Gasteiger partial charge in [-0.3, -0.25) is 15.0 Å². The molecule has 0 spiro atoms. The zero-order valence-corrected chi connectivity index (χ0v) is 15.2. The predicted octanol–water partition coefficient (Wildman–Crippen LogP) is 2.88. The lowest BCUT2D eigenvalue weighted by atomic mass is 9.84. The molecular formula is C19H35N3O. The summed E-state index contributed by atoms with van der Waals surface area (Å²) in [6.45, 7) is 8.87. The summed E-state index contributed by atoms with van der Waals surface area (Å²) in [7, 11) is 0. The number of carbonyl (C=O) groups excluding carboxylic acids is 1. The Kier molecular flexibility index (Phi) is 5.32. The average molecular weight is 322 g/mol. The Bertz CT molecular complexity index is 423. The van der Waals surface area contributed by atoms with Crippen LogP contribution >= 0.6 is 0 Å². The van der Waals surface area contributed by atoms with Crippen LogP contribution in [0.5, 0.6) is 0 Å². The number of piperidine rings is 1. The molecule has 0 aromatic carbocycles. The molecule has 3 saturated heterocycles. The van der Waals surface area contributed by atoms with Gasteiger partial charge >= 0.3 is 0 Å². The first-order valence-electron chi connectivity index (χ1n) is 9.78. The van der Waals surface area contributed by atoms with Crippen LogP contribution < -0.4 is 10.6 Å². The van der Waals surface area contributed by atoms with Crippen LogP contribution in [0.25, 0.3) is 0 Å². The Hall–Kier alpha value is -0.610. The van der Waals surface area contributed by atoms with E-state index in [1.165, 1.54) is 58.0 Å². The van der Waals surface area contributed by atoms with Crippen molar-refractivity contribution in [3.05, 3.63) is 0 Å². The average Bonchev–Trinajstić information content (AvgIpc) is 2.92. The molecule has 4 atom stereocenters. The molecule has 3 unspecified atom stereocenters. The van der Waals surface area contributed by atoms with Gasteiger partial charge in [-0.25, -0.2) is 0 Å². The maximum absolute atomic E-state index is 12.7. The molecule has 0 radical (unpaired) electrons. The van der Waals surface area contributed by atoms with Crippen LogP contribution in [-0.4, -0.2) is 42.1 Å². The van der Waals surface area contributed by atoms with Gasteiger partial charge in [-0.1, -0.05) is 33.1 Å². The van der Waals surface area contributed by atoms with Crippen molar-refractivity contribution in [2.75, 3.05) is 13.1 Å². The fraction of sp³-hybridized carbons (Fsp3) is 0.947. The summed E-state index contributed by atoms with van der Waals surface area (Å²) in [4.78, 5) is 15.3. The van der Waals surface area contributed by atoms with Crippen molar-refractivity contribution in [1.29, 1.82) is 0 Å². The molecule has 1 amide bonds. The first-order valence-corrected chi connectivity index (χ1v) is 9.78. The van der Waals surface area contributed by atoms with Gasteiger partial charge in [0.1, 0.15) is 0 Å². The smallest absolute Gasteiger partial charge is 0.225 e. The van der Waals surface area contributed by atoms with E-state index in [0.29, 0.717) is 12.2 Å². The minimum absolute atomic E-state index is 0.216. The van der Waals surface area contributed by atoms with Gasteiger partial charge in [-0.2, -0.15) is 0 Å². The van der Waals surface area contributed by atoms with Crippen LogP contribution in [0.2, 0.25) is 0 Å². The molecule has 4 heteroatoms. The number of hydrogen-bond donors (Lipinski definition) is 2. The summed E-state index contributed by atoms with van der Waals surface area (Å²) in [5.74, 6) is 1.05. The largest absolute Gasteiger partial charge is 0.352 e. The third-order valence-corrected chi connectivity index (χ3v) is 6.43. The van der Waals surface area contributed by atoms with Crippen LogP contribution in [0.1, 0.15) is 72.1 Å². The van der Waals surface area contributed by atoms with Gasteiger partial charge in [0.05, 0.1) is 6.17 Å². The number of rotatable bonds is 0. The van der Waals surface area contributed by atoms with Crippen molar-refractivity contribution in [1.82, 2.24) is 15.5 Å². The highest BCUT2D eigenvalue weighted by Gasteiger charge is 2.40. The summed E-state index contributed by atoms with van der Waals surface area (Å²) >= 11 is 0. The lowest BCUT2D eigenvalue weighted by Crippen LogP contribution is -2.59. The summed E-state index contributed by atoms with van der Waals surface area (Å²) in [5.41, 5.74) is -0.241. The van der Waals surface area contributed by atoms with E-state index in [0.717, 1.165) is 12.3 Å². The summed E-state index contributed by atoms with van der Waals surface area (Å²) < 4.78 is 0. The Balaban J connectivity index is 1.71. The Morgan fingerprint density at radius 3 is 2.65 bits per heavy atom. The molecular weight excluding hydrogens is 286 g/mol. The maximum atomic E-state index is 12.7. The predicted molar refractivity (Wildman–Crippen MR) is 94.1 cm³/mol. The second kappa shape index (κ2) is 7.10. The molecule has 132 valence electrons. The standard InChI is InChI=1S/C19H35N3O/c1-14-16-9-8-15-10-13-22(17(15)21-16)12-7-5-4-6-11-19(2,3)18(23)20-14/h14-17,21H,4-13H2,1-3H3,(H,20,23)/t14-,15?,16?,17?/m1/s1. The third-order valence-electron chi connectivity index (χ3n) is 6.43. The molecule has 2 N–H and O–H groups in total. The van der Waals surface area contributed by atoms with Gasteiger partial charge in [-0.05, 0) is 51.5 Å². The van der Waals surface area contributed by atoms with Crippen LogP contribution in [0.4, 0.5) is 0 Å². The molecule has 0 aromatic heterocycles. The highest BCUT2D eigenvalue weighted by molar-refractivity contribution is 5.82. The number of hydrogen-bond acceptors (Lipinski definition) is 3. The fourth-order valence-electron chi connectivity index (χ4n) is 4.66. The Morgan fingerprint density at radius 1 is 1.04 bits per heavy atom. The first kappa shape index (κ1) is 17.2. The van der Waals surface area contributed by atoms with E-state index in [-0.39, 0.29) is 17.4 Å². The topological polar surface area (TPSA) is 44.4 Å². The quantitative estimate of drug-likeness (QED) is 0.721. The molecule has 23 heavy (non-hydrogen) atoms. The SMILES string of the molecule is C[C@H]1NC(=O)C(C)(C)CCCCCCN2CCC3CCC1NC32. The molecule has 0 aromatic rings. The van der Waals surface area contributed by atoms with Crippen molar-refractivity contribution in [3.8, 4) is 0 Å². The lowest BCUT2D eigenvalue weighted by Gasteiger charge is -2.41. The molecule has 4 nitrogen and oxygen atoms in total. The van der Waals surface area contributed by atoms with E-state index in [1.54, 1.807) is 0 Å². The summed E-state index contributed by atoms with van der Waals surface area (Å²) in [6, 6.07) is 0.632. The van der Waals surface area contributed by atoms with E-state index >= 15 is 0 Å². The summed E-state index contributed by atoms with van der Waals surface area (Å²) in [6.07, 6.45) is 10.4. The highest BCUT2D eigenvalue weighted by Crippen LogP contribution is 2.33. The van der Waals surface area contributed by atoms with Gasteiger partial charge in [0.25, 0.3) is 0 Å². The normalized spacial score (nSPS) is 39.5. The highest BCUT2D eigenvalue weighted by atomic mass is 16.2. The molecule has 3 aliphatic heterocycles. The molecule has 0 aliphatic carbocycles. The van der Waals surface area contributed by atoms with Crippen LogP contribution in [0.15, 0.2) is 0 Å². The number of nitrogens with one attached hydrogen (secondary N) is 2. The monoisotopic (exact) mass is 321 g/mol. The van der Waals surface area contributed by atoms with Crippen LogP contribution in [-0.2, 0) is 4.79 Å². The zero-order valence-electron chi connectivity index (χ0n) is 15.2. The van der Waals surface area contributed by atoms with Gasteiger partial charge < -0.3 is 5.32 Å². The zero-order chi connectivity index (χ0) is 16.4. The molecule has 2 bridgehead atoms. The fourth-order valence-corrected chi connectivity index (χ4v) is 4.66.